The lowest BCUT2D eigenvalue weighted by Crippen LogP contribution is -2.45. The number of nitrogens with zero attached hydrogens (tertiary/aromatic N) is 3. The highest BCUT2D eigenvalue weighted by molar-refractivity contribution is 5.90. The summed E-state index contributed by atoms with van der Waals surface area (Å²) in [5.74, 6) is 0.836. The molecule has 0 aromatic carbocycles. The van der Waals surface area contributed by atoms with Crippen molar-refractivity contribution in [2.24, 2.45) is 0 Å². The Kier molecular flexibility index (Phi) is 3.96. The topological polar surface area (TPSA) is 73.9 Å². The van der Waals surface area contributed by atoms with E-state index in [1.54, 1.807) is 6.92 Å². The first-order valence-electron chi connectivity index (χ1n) is 6.51. The zero-order valence-electron chi connectivity index (χ0n) is 11.2. The Morgan fingerprint density at radius 2 is 2.33 bits per heavy atom. The number of aromatic nitrogens is 3. The van der Waals surface area contributed by atoms with Crippen LogP contribution in [0.1, 0.15) is 43.1 Å². The van der Waals surface area contributed by atoms with Crippen LogP contribution in [0.2, 0.25) is 0 Å². The third-order valence-corrected chi connectivity index (χ3v) is 3.25. The predicted molar refractivity (Wildman–Crippen MR) is 68.3 cm³/mol. The molecule has 6 heteroatoms. The lowest BCUT2D eigenvalue weighted by atomic mass is 10.2. The smallest absolute Gasteiger partial charge is 0.293 e. The summed E-state index contributed by atoms with van der Waals surface area (Å²) >= 11 is 0. The van der Waals surface area contributed by atoms with E-state index in [-0.39, 0.29) is 17.8 Å². The third-order valence-electron chi connectivity index (χ3n) is 3.25. The Morgan fingerprint density at radius 1 is 1.56 bits per heavy atom. The summed E-state index contributed by atoms with van der Waals surface area (Å²) in [4.78, 5) is 18.3. The van der Waals surface area contributed by atoms with Crippen molar-refractivity contribution in [2.45, 2.75) is 45.7 Å². The van der Waals surface area contributed by atoms with Crippen LogP contribution in [0.5, 0.6) is 0 Å². The summed E-state index contributed by atoms with van der Waals surface area (Å²) < 4.78 is 0. The van der Waals surface area contributed by atoms with Gasteiger partial charge in [0, 0.05) is 18.6 Å². The Hall–Kier alpha value is -1.43. The summed E-state index contributed by atoms with van der Waals surface area (Å²) in [6, 6.07) is 0.551. The molecule has 0 bridgehead atoms. The number of hydrogen-bond acceptors (Lipinski definition) is 4. The molecule has 1 fully saturated rings. The fraction of sp³-hybridized carbons (Fsp3) is 0.750. The average Bonchev–Trinajstić information content (AvgIpc) is 2.95. The first kappa shape index (κ1) is 13.0. The SMILES string of the molecule is Cc1nc(C(=O)N(CC2CCCN2)C(C)C)n[nH]1. The van der Waals surface area contributed by atoms with E-state index in [1.807, 2.05) is 18.7 Å². The van der Waals surface area contributed by atoms with Crippen LogP contribution in [0.4, 0.5) is 0 Å². The number of H-pyrrole nitrogens is 1. The van der Waals surface area contributed by atoms with E-state index in [1.165, 1.54) is 6.42 Å². The molecule has 0 radical (unpaired) electrons. The summed E-state index contributed by atoms with van der Waals surface area (Å²) in [7, 11) is 0. The molecule has 0 aliphatic carbocycles. The minimum atomic E-state index is -0.0944. The van der Waals surface area contributed by atoms with E-state index in [9.17, 15) is 4.79 Å². The van der Waals surface area contributed by atoms with Gasteiger partial charge in [0.2, 0.25) is 5.82 Å². The molecule has 1 aliphatic heterocycles. The lowest BCUT2D eigenvalue weighted by Gasteiger charge is -2.28. The van der Waals surface area contributed by atoms with Crippen LogP contribution < -0.4 is 5.32 Å². The summed E-state index contributed by atoms with van der Waals surface area (Å²) in [5, 5.41) is 10.1. The molecule has 2 N–H and O–H groups in total. The predicted octanol–water partition coefficient (Wildman–Crippen LogP) is 0.716. The molecule has 18 heavy (non-hydrogen) atoms. The molecule has 2 heterocycles. The van der Waals surface area contributed by atoms with Crippen molar-refractivity contribution in [3.63, 3.8) is 0 Å². The molecule has 1 aromatic rings. The number of carbonyl (C=O) groups excluding carboxylic acids is 1. The number of rotatable bonds is 4. The standard InChI is InChI=1S/C12H21N5O/c1-8(2)17(7-10-5-4-6-13-10)12(18)11-14-9(3)15-16-11/h8,10,13H,4-7H2,1-3H3,(H,14,15,16). The van der Waals surface area contributed by atoms with Crippen molar-refractivity contribution in [3.05, 3.63) is 11.6 Å². The number of hydrogen-bond donors (Lipinski definition) is 2. The van der Waals surface area contributed by atoms with Gasteiger partial charge in [-0.1, -0.05) is 0 Å². The first-order valence-corrected chi connectivity index (χ1v) is 6.51. The molecule has 1 saturated heterocycles. The van der Waals surface area contributed by atoms with E-state index in [4.69, 9.17) is 0 Å². The van der Waals surface area contributed by atoms with Crippen molar-refractivity contribution in [1.29, 1.82) is 0 Å². The zero-order chi connectivity index (χ0) is 13.1. The second-order valence-electron chi connectivity index (χ2n) is 5.09. The van der Waals surface area contributed by atoms with Gasteiger partial charge in [-0.05, 0) is 40.2 Å². The van der Waals surface area contributed by atoms with Crippen LogP contribution in [0.25, 0.3) is 0 Å². The maximum atomic E-state index is 12.3. The minimum Gasteiger partial charge on any atom is -0.332 e. The molecule has 2 rings (SSSR count). The Bertz CT molecular complexity index is 408. The molecular formula is C12H21N5O. The summed E-state index contributed by atoms with van der Waals surface area (Å²) in [6.07, 6.45) is 2.31. The van der Waals surface area contributed by atoms with E-state index in [2.05, 4.69) is 20.5 Å². The van der Waals surface area contributed by atoms with Crippen LogP contribution in [0, 0.1) is 6.92 Å². The first-order chi connectivity index (χ1) is 8.58. The van der Waals surface area contributed by atoms with Gasteiger partial charge in [-0.15, -0.1) is 5.10 Å². The fourth-order valence-electron chi connectivity index (χ4n) is 2.25. The van der Waals surface area contributed by atoms with Crippen molar-refractivity contribution < 1.29 is 4.79 Å². The van der Waals surface area contributed by atoms with Gasteiger partial charge in [-0.3, -0.25) is 9.89 Å². The van der Waals surface area contributed by atoms with Gasteiger partial charge in [-0.25, -0.2) is 4.98 Å². The average molecular weight is 251 g/mol. The number of aryl methyl sites for hydroxylation is 1. The normalized spacial score (nSPS) is 19.4. The van der Waals surface area contributed by atoms with Crippen molar-refractivity contribution in [1.82, 2.24) is 25.4 Å². The Labute approximate surface area is 107 Å². The molecule has 100 valence electrons. The minimum absolute atomic E-state index is 0.0944. The van der Waals surface area contributed by atoms with Crippen molar-refractivity contribution in [2.75, 3.05) is 13.1 Å². The number of nitrogens with one attached hydrogen (secondary N) is 2. The molecule has 1 aromatic heterocycles. The maximum absolute atomic E-state index is 12.3. The molecule has 1 unspecified atom stereocenters. The highest BCUT2D eigenvalue weighted by Crippen LogP contribution is 2.11. The second kappa shape index (κ2) is 5.48. The summed E-state index contributed by atoms with van der Waals surface area (Å²) in [6.45, 7) is 7.61. The van der Waals surface area contributed by atoms with Gasteiger partial charge in [0.1, 0.15) is 5.82 Å². The molecule has 6 nitrogen and oxygen atoms in total. The molecule has 1 amide bonds. The lowest BCUT2D eigenvalue weighted by molar-refractivity contribution is 0.0677. The highest BCUT2D eigenvalue weighted by atomic mass is 16.2. The second-order valence-corrected chi connectivity index (χ2v) is 5.09. The quantitative estimate of drug-likeness (QED) is 0.826. The number of aromatic amines is 1. The maximum Gasteiger partial charge on any atom is 0.293 e. The van der Waals surface area contributed by atoms with Gasteiger partial charge in [-0.2, -0.15) is 0 Å². The zero-order valence-corrected chi connectivity index (χ0v) is 11.2. The molecule has 1 atom stereocenters. The van der Waals surface area contributed by atoms with Gasteiger partial charge in [0.05, 0.1) is 0 Å². The van der Waals surface area contributed by atoms with Crippen LogP contribution in [-0.2, 0) is 0 Å². The highest BCUT2D eigenvalue weighted by Gasteiger charge is 2.26. The van der Waals surface area contributed by atoms with Crippen molar-refractivity contribution >= 4 is 5.91 Å². The molecule has 0 saturated carbocycles. The molecule has 1 aliphatic rings. The van der Waals surface area contributed by atoms with Gasteiger partial charge >= 0.3 is 0 Å². The van der Waals surface area contributed by atoms with E-state index in [0.29, 0.717) is 11.9 Å². The third kappa shape index (κ3) is 2.87. The van der Waals surface area contributed by atoms with E-state index < -0.39 is 0 Å². The van der Waals surface area contributed by atoms with E-state index >= 15 is 0 Å². The Morgan fingerprint density at radius 3 is 2.83 bits per heavy atom. The largest absolute Gasteiger partial charge is 0.332 e. The summed E-state index contributed by atoms with van der Waals surface area (Å²) in [5.41, 5.74) is 0. The van der Waals surface area contributed by atoms with Crippen molar-refractivity contribution in [3.8, 4) is 0 Å². The molecular weight excluding hydrogens is 230 g/mol. The molecule has 0 spiro atoms. The fourth-order valence-corrected chi connectivity index (χ4v) is 2.25. The Balaban J connectivity index is 2.06. The number of carbonyl (C=O) groups is 1. The van der Waals surface area contributed by atoms with Crippen LogP contribution in [0.15, 0.2) is 0 Å². The van der Waals surface area contributed by atoms with Crippen LogP contribution >= 0.6 is 0 Å². The van der Waals surface area contributed by atoms with Gasteiger partial charge < -0.3 is 10.2 Å². The van der Waals surface area contributed by atoms with Gasteiger partial charge in [0.25, 0.3) is 5.91 Å². The van der Waals surface area contributed by atoms with E-state index in [0.717, 1.165) is 19.5 Å². The van der Waals surface area contributed by atoms with Crippen LogP contribution in [0.3, 0.4) is 0 Å². The van der Waals surface area contributed by atoms with Crippen LogP contribution in [-0.4, -0.2) is 51.2 Å². The van der Waals surface area contributed by atoms with Gasteiger partial charge in [0.15, 0.2) is 0 Å². The number of amides is 1. The monoisotopic (exact) mass is 251 g/mol.